The Hall–Kier alpha value is -1.88. The second-order valence-electron chi connectivity index (χ2n) is 4.81. The number of carbonyl (C=O) groups is 2. The summed E-state index contributed by atoms with van der Waals surface area (Å²) in [5.41, 5.74) is 1.58. The summed E-state index contributed by atoms with van der Waals surface area (Å²) >= 11 is 0. The van der Waals surface area contributed by atoms with Gasteiger partial charge in [-0.05, 0) is 18.6 Å². The molecule has 1 N–H and O–H groups in total. The molecule has 0 fully saturated rings. The molecule has 0 spiro atoms. The molecule has 0 aliphatic carbocycles. The molecule has 20 heavy (non-hydrogen) atoms. The van der Waals surface area contributed by atoms with Crippen LogP contribution in [0.25, 0.3) is 0 Å². The molecule has 1 heterocycles. The van der Waals surface area contributed by atoms with Gasteiger partial charge in [-0.1, -0.05) is 12.1 Å². The molecule has 5 nitrogen and oxygen atoms in total. The lowest BCUT2D eigenvalue weighted by molar-refractivity contribution is -0.119. The van der Waals surface area contributed by atoms with Gasteiger partial charge in [0.2, 0.25) is 5.91 Å². The van der Waals surface area contributed by atoms with Crippen LogP contribution in [0.15, 0.2) is 24.3 Å². The van der Waals surface area contributed by atoms with Crippen molar-refractivity contribution in [2.24, 2.45) is 0 Å². The molecule has 1 aromatic carbocycles. The number of anilines is 1. The van der Waals surface area contributed by atoms with Crippen molar-refractivity contribution in [3.05, 3.63) is 29.8 Å². The van der Waals surface area contributed by atoms with Crippen LogP contribution >= 0.6 is 0 Å². The van der Waals surface area contributed by atoms with E-state index < -0.39 is 0 Å². The van der Waals surface area contributed by atoms with Crippen molar-refractivity contribution in [1.82, 2.24) is 5.32 Å². The van der Waals surface area contributed by atoms with Gasteiger partial charge < -0.3 is 15.0 Å². The van der Waals surface area contributed by atoms with E-state index in [1.54, 1.807) is 7.11 Å². The lowest BCUT2D eigenvalue weighted by Crippen LogP contribution is -2.39. The van der Waals surface area contributed by atoms with Gasteiger partial charge in [0, 0.05) is 37.9 Å². The second-order valence-corrected chi connectivity index (χ2v) is 4.81. The van der Waals surface area contributed by atoms with Crippen LogP contribution in [-0.2, 0) is 9.53 Å². The molecule has 0 unspecified atom stereocenters. The summed E-state index contributed by atoms with van der Waals surface area (Å²) in [7, 11) is 1.60. The van der Waals surface area contributed by atoms with Gasteiger partial charge in [-0.3, -0.25) is 9.59 Å². The average Bonchev–Trinajstić information content (AvgIpc) is 2.60. The number of nitrogens with one attached hydrogen (secondary N) is 1. The van der Waals surface area contributed by atoms with Crippen molar-refractivity contribution < 1.29 is 14.3 Å². The Morgan fingerprint density at radius 3 is 3.00 bits per heavy atom. The van der Waals surface area contributed by atoms with E-state index >= 15 is 0 Å². The number of carbonyl (C=O) groups excluding carboxylic acids is 2. The monoisotopic (exact) mass is 276 g/mol. The molecule has 2 rings (SSSR count). The Labute approximate surface area is 118 Å². The van der Waals surface area contributed by atoms with Gasteiger partial charge in [-0.25, -0.2) is 0 Å². The average molecular weight is 276 g/mol. The zero-order valence-electron chi connectivity index (χ0n) is 11.7. The molecule has 1 amide bonds. The van der Waals surface area contributed by atoms with E-state index in [1.807, 2.05) is 29.2 Å². The summed E-state index contributed by atoms with van der Waals surface area (Å²) < 4.78 is 4.90. The van der Waals surface area contributed by atoms with Crippen LogP contribution < -0.4 is 10.2 Å². The van der Waals surface area contributed by atoms with Crippen LogP contribution in [0.2, 0.25) is 0 Å². The first-order valence-electron chi connectivity index (χ1n) is 6.85. The molecule has 1 aliphatic rings. The van der Waals surface area contributed by atoms with Crippen molar-refractivity contribution in [3.63, 3.8) is 0 Å². The van der Waals surface area contributed by atoms with E-state index in [2.05, 4.69) is 5.32 Å². The van der Waals surface area contributed by atoms with Gasteiger partial charge in [-0.2, -0.15) is 0 Å². The maximum Gasteiger partial charge on any atom is 0.239 e. The van der Waals surface area contributed by atoms with Gasteiger partial charge in [0.05, 0.1) is 13.2 Å². The Balaban J connectivity index is 2.06. The molecule has 1 aromatic rings. The number of ketones is 1. The Morgan fingerprint density at radius 2 is 2.20 bits per heavy atom. The molecule has 5 heteroatoms. The van der Waals surface area contributed by atoms with Gasteiger partial charge in [-0.15, -0.1) is 0 Å². The van der Waals surface area contributed by atoms with Crippen LogP contribution in [0.1, 0.15) is 23.2 Å². The van der Waals surface area contributed by atoms with Crippen LogP contribution in [0, 0.1) is 0 Å². The maximum atomic E-state index is 12.0. The summed E-state index contributed by atoms with van der Waals surface area (Å²) in [4.78, 5) is 25.9. The first-order chi connectivity index (χ1) is 9.72. The summed E-state index contributed by atoms with van der Waals surface area (Å²) in [6.45, 7) is 2.00. The number of rotatable bonds is 5. The minimum atomic E-state index is -0.0498. The second kappa shape index (κ2) is 7.05. The SMILES string of the molecule is COCCNC(=O)CN1CCCC(=O)c2ccccc21. The molecular weight excluding hydrogens is 256 g/mol. The van der Waals surface area contributed by atoms with Crippen molar-refractivity contribution in [1.29, 1.82) is 0 Å². The molecule has 1 aliphatic heterocycles. The number of methoxy groups -OCH3 is 1. The highest BCUT2D eigenvalue weighted by Gasteiger charge is 2.21. The number of hydrogen-bond acceptors (Lipinski definition) is 4. The largest absolute Gasteiger partial charge is 0.383 e. The number of amides is 1. The molecule has 0 saturated carbocycles. The van der Waals surface area contributed by atoms with E-state index in [0.29, 0.717) is 19.6 Å². The first-order valence-corrected chi connectivity index (χ1v) is 6.85. The van der Waals surface area contributed by atoms with Crippen LogP contribution in [0.3, 0.4) is 0 Å². The standard InChI is InChI=1S/C15H20N2O3/c1-20-10-8-16-15(19)11-17-9-4-7-14(18)12-5-2-3-6-13(12)17/h2-3,5-6H,4,7-11H2,1H3,(H,16,19). The van der Waals surface area contributed by atoms with Gasteiger partial charge >= 0.3 is 0 Å². The number of hydrogen-bond donors (Lipinski definition) is 1. The van der Waals surface area contributed by atoms with Crippen molar-refractivity contribution in [2.45, 2.75) is 12.8 Å². The van der Waals surface area contributed by atoms with Crippen molar-refractivity contribution in [2.75, 3.05) is 38.3 Å². The van der Waals surface area contributed by atoms with Crippen molar-refractivity contribution >= 4 is 17.4 Å². The Morgan fingerprint density at radius 1 is 1.40 bits per heavy atom. The quantitative estimate of drug-likeness (QED) is 0.822. The Bertz CT molecular complexity index is 488. The minimum Gasteiger partial charge on any atom is -0.383 e. The van der Waals surface area contributed by atoms with Gasteiger partial charge in [0.15, 0.2) is 5.78 Å². The fourth-order valence-electron chi connectivity index (χ4n) is 2.36. The van der Waals surface area contributed by atoms with Gasteiger partial charge in [0.1, 0.15) is 0 Å². The molecule has 0 atom stereocenters. The number of para-hydroxylation sites is 1. The molecule has 0 bridgehead atoms. The van der Waals surface area contributed by atoms with Crippen LogP contribution in [0.5, 0.6) is 0 Å². The molecule has 0 aromatic heterocycles. The summed E-state index contributed by atoms with van der Waals surface area (Å²) in [5, 5.41) is 2.80. The molecule has 108 valence electrons. The zero-order chi connectivity index (χ0) is 14.4. The van der Waals surface area contributed by atoms with Crippen LogP contribution in [0.4, 0.5) is 5.69 Å². The first kappa shape index (κ1) is 14.5. The normalized spacial score (nSPS) is 14.7. The lowest BCUT2D eigenvalue weighted by atomic mass is 10.1. The summed E-state index contributed by atoms with van der Waals surface area (Å²) in [6.07, 6.45) is 1.32. The molecule has 0 radical (unpaired) electrons. The fourth-order valence-corrected chi connectivity index (χ4v) is 2.36. The predicted octanol–water partition coefficient (Wildman–Crippen LogP) is 1.23. The third-order valence-corrected chi connectivity index (χ3v) is 3.34. The summed E-state index contributed by atoms with van der Waals surface area (Å²) in [6, 6.07) is 7.49. The Kier molecular flexibility index (Phi) is 5.12. The fraction of sp³-hybridized carbons (Fsp3) is 0.467. The summed E-state index contributed by atoms with van der Waals surface area (Å²) in [5.74, 6) is 0.106. The highest BCUT2D eigenvalue weighted by atomic mass is 16.5. The topological polar surface area (TPSA) is 58.6 Å². The highest BCUT2D eigenvalue weighted by molar-refractivity contribution is 6.02. The maximum absolute atomic E-state index is 12.0. The number of ether oxygens (including phenoxy) is 1. The van der Waals surface area contributed by atoms with E-state index in [9.17, 15) is 9.59 Å². The van der Waals surface area contributed by atoms with Crippen molar-refractivity contribution in [3.8, 4) is 0 Å². The molecule has 0 saturated heterocycles. The minimum absolute atomic E-state index is 0.0498. The number of nitrogens with zero attached hydrogens (tertiary/aromatic N) is 1. The predicted molar refractivity (Wildman–Crippen MR) is 77.1 cm³/mol. The van der Waals surface area contributed by atoms with E-state index in [0.717, 1.165) is 24.2 Å². The van der Waals surface area contributed by atoms with E-state index in [-0.39, 0.29) is 18.2 Å². The number of fused-ring (bicyclic) bond motifs is 1. The molecular formula is C15H20N2O3. The third kappa shape index (κ3) is 3.57. The van der Waals surface area contributed by atoms with E-state index in [4.69, 9.17) is 4.74 Å². The number of benzene rings is 1. The zero-order valence-corrected chi connectivity index (χ0v) is 11.7. The highest BCUT2D eigenvalue weighted by Crippen LogP contribution is 2.25. The number of Topliss-reactive ketones (excluding diaryl/α,β-unsaturated/α-hetero) is 1. The lowest BCUT2D eigenvalue weighted by Gasteiger charge is -2.23. The van der Waals surface area contributed by atoms with E-state index in [1.165, 1.54) is 0 Å². The van der Waals surface area contributed by atoms with Crippen LogP contribution in [-0.4, -0.2) is 45.0 Å². The third-order valence-electron chi connectivity index (χ3n) is 3.34. The van der Waals surface area contributed by atoms with Gasteiger partial charge in [0.25, 0.3) is 0 Å². The smallest absolute Gasteiger partial charge is 0.239 e.